The van der Waals surface area contributed by atoms with Gasteiger partial charge in [-0.15, -0.1) is 0 Å². The summed E-state index contributed by atoms with van der Waals surface area (Å²) in [5, 5.41) is 0. The molecule has 1 atom stereocenters. The van der Waals surface area contributed by atoms with Crippen molar-refractivity contribution in [1.29, 1.82) is 0 Å². The molecule has 1 aliphatic rings. The Hall–Kier alpha value is -1.43. The van der Waals surface area contributed by atoms with Crippen molar-refractivity contribution in [2.75, 3.05) is 53.5 Å². The zero-order valence-electron chi connectivity index (χ0n) is 15.5. The number of amides is 1. The minimum absolute atomic E-state index is 0.0611. The SMILES string of the molecule is CCOCCN1CCN(Cc2cccc(C(=O)N(C)C)c2)C[C@@H]1C. The Morgan fingerprint density at radius 2 is 2.12 bits per heavy atom. The largest absolute Gasteiger partial charge is 0.380 e. The van der Waals surface area contributed by atoms with Gasteiger partial charge < -0.3 is 9.64 Å². The summed E-state index contributed by atoms with van der Waals surface area (Å²) in [5.41, 5.74) is 1.97. The summed E-state index contributed by atoms with van der Waals surface area (Å²) in [6.07, 6.45) is 0. The Morgan fingerprint density at radius 3 is 2.79 bits per heavy atom. The smallest absolute Gasteiger partial charge is 0.253 e. The molecule has 0 saturated carbocycles. The van der Waals surface area contributed by atoms with E-state index in [9.17, 15) is 4.79 Å². The molecule has 1 aromatic carbocycles. The number of carbonyl (C=O) groups is 1. The summed E-state index contributed by atoms with van der Waals surface area (Å²) < 4.78 is 5.47. The maximum Gasteiger partial charge on any atom is 0.253 e. The van der Waals surface area contributed by atoms with E-state index in [0.717, 1.165) is 51.5 Å². The van der Waals surface area contributed by atoms with Gasteiger partial charge in [-0.2, -0.15) is 0 Å². The van der Waals surface area contributed by atoms with E-state index in [0.29, 0.717) is 6.04 Å². The van der Waals surface area contributed by atoms with Crippen LogP contribution < -0.4 is 0 Å². The number of nitrogens with zero attached hydrogens (tertiary/aromatic N) is 3. The fraction of sp³-hybridized carbons (Fsp3) is 0.632. The van der Waals surface area contributed by atoms with Gasteiger partial charge >= 0.3 is 0 Å². The second-order valence-corrected chi connectivity index (χ2v) is 6.72. The van der Waals surface area contributed by atoms with Crippen LogP contribution >= 0.6 is 0 Å². The van der Waals surface area contributed by atoms with Crippen LogP contribution in [0.5, 0.6) is 0 Å². The van der Waals surface area contributed by atoms with Crippen molar-refractivity contribution in [3.63, 3.8) is 0 Å². The number of carbonyl (C=O) groups excluding carboxylic acids is 1. The molecule has 1 fully saturated rings. The number of ether oxygens (including phenoxy) is 1. The zero-order chi connectivity index (χ0) is 17.5. The van der Waals surface area contributed by atoms with Gasteiger partial charge in [-0.3, -0.25) is 14.6 Å². The minimum atomic E-state index is 0.0611. The maximum absolute atomic E-state index is 12.1. The van der Waals surface area contributed by atoms with Gasteiger partial charge in [-0.1, -0.05) is 12.1 Å². The van der Waals surface area contributed by atoms with Crippen molar-refractivity contribution in [1.82, 2.24) is 14.7 Å². The van der Waals surface area contributed by atoms with Gasteiger partial charge in [0, 0.05) is 65.0 Å². The van der Waals surface area contributed by atoms with Crippen LogP contribution in [0.25, 0.3) is 0 Å². The zero-order valence-corrected chi connectivity index (χ0v) is 15.5. The van der Waals surface area contributed by atoms with E-state index in [1.807, 2.05) is 25.1 Å². The molecule has 1 amide bonds. The maximum atomic E-state index is 12.1. The Labute approximate surface area is 146 Å². The molecule has 1 aliphatic heterocycles. The molecule has 1 saturated heterocycles. The first-order valence-corrected chi connectivity index (χ1v) is 8.86. The van der Waals surface area contributed by atoms with Crippen LogP contribution in [0.2, 0.25) is 0 Å². The third-order valence-corrected chi connectivity index (χ3v) is 4.56. The third-order valence-electron chi connectivity index (χ3n) is 4.56. The average Bonchev–Trinajstić information content (AvgIpc) is 2.56. The second-order valence-electron chi connectivity index (χ2n) is 6.72. The monoisotopic (exact) mass is 333 g/mol. The first-order valence-electron chi connectivity index (χ1n) is 8.86. The predicted molar refractivity (Wildman–Crippen MR) is 97.3 cm³/mol. The highest BCUT2D eigenvalue weighted by atomic mass is 16.5. The van der Waals surface area contributed by atoms with Gasteiger partial charge in [0.15, 0.2) is 0 Å². The molecule has 1 heterocycles. The molecule has 5 heteroatoms. The topological polar surface area (TPSA) is 36.0 Å². The molecule has 0 bridgehead atoms. The Bertz CT molecular complexity index is 533. The number of rotatable bonds is 7. The van der Waals surface area contributed by atoms with Crippen molar-refractivity contribution in [3.05, 3.63) is 35.4 Å². The van der Waals surface area contributed by atoms with E-state index in [1.165, 1.54) is 5.56 Å². The van der Waals surface area contributed by atoms with Crippen LogP contribution in [0.4, 0.5) is 0 Å². The lowest BCUT2D eigenvalue weighted by Crippen LogP contribution is -2.52. The van der Waals surface area contributed by atoms with Crippen LogP contribution in [-0.4, -0.2) is 80.1 Å². The number of hydrogen-bond acceptors (Lipinski definition) is 4. The first kappa shape index (κ1) is 18.9. The van der Waals surface area contributed by atoms with Crippen molar-refractivity contribution in [2.45, 2.75) is 26.4 Å². The summed E-state index contributed by atoms with van der Waals surface area (Å²) in [6, 6.07) is 8.53. The Morgan fingerprint density at radius 1 is 1.33 bits per heavy atom. The summed E-state index contributed by atoms with van der Waals surface area (Å²) in [7, 11) is 3.58. The van der Waals surface area contributed by atoms with Crippen LogP contribution in [0.3, 0.4) is 0 Å². The minimum Gasteiger partial charge on any atom is -0.380 e. The van der Waals surface area contributed by atoms with Gasteiger partial charge in [0.1, 0.15) is 0 Å². The highest BCUT2D eigenvalue weighted by Crippen LogP contribution is 2.14. The molecular formula is C19H31N3O2. The van der Waals surface area contributed by atoms with Gasteiger partial charge in [-0.25, -0.2) is 0 Å². The summed E-state index contributed by atoms with van der Waals surface area (Å²) in [6.45, 7) is 11.0. The molecule has 5 nitrogen and oxygen atoms in total. The van der Waals surface area contributed by atoms with E-state index in [4.69, 9.17) is 4.74 Å². The molecule has 0 spiro atoms. The van der Waals surface area contributed by atoms with Gasteiger partial charge in [-0.05, 0) is 31.5 Å². The quantitative estimate of drug-likeness (QED) is 0.715. The second kappa shape index (κ2) is 9.16. The van der Waals surface area contributed by atoms with Crippen LogP contribution in [0.1, 0.15) is 29.8 Å². The van der Waals surface area contributed by atoms with E-state index in [1.54, 1.807) is 19.0 Å². The van der Waals surface area contributed by atoms with Gasteiger partial charge in [0.05, 0.1) is 6.61 Å². The van der Waals surface area contributed by atoms with Gasteiger partial charge in [0.25, 0.3) is 5.91 Å². The van der Waals surface area contributed by atoms with Gasteiger partial charge in [0.2, 0.25) is 0 Å². The van der Waals surface area contributed by atoms with Crippen molar-refractivity contribution < 1.29 is 9.53 Å². The molecule has 0 aromatic heterocycles. The molecule has 0 radical (unpaired) electrons. The predicted octanol–water partition coefficient (Wildman–Crippen LogP) is 1.93. The van der Waals surface area contributed by atoms with E-state index < -0.39 is 0 Å². The van der Waals surface area contributed by atoms with Crippen molar-refractivity contribution in [3.8, 4) is 0 Å². The lowest BCUT2D eigenvalue weighted by Gasteiger charge is -2.39. The average molecular weight is 333 g/mol. The molecule has 0 unspecified atom stereocenters. The third kappa shape index (κ3) is 5.30. The Balaban J connectivity index is 1.89. The standard InChI is InChI=1S/C19H31N3O2/c1-5-24-12-11-22-10-9-21(14-16(22)2)15-17-7-6-8-18(13-17)19(23)20(3)4/h6-8,13,16H,5,9-12,14-15H2,1-4H3/t16-/m0/s1. The number of hydrogen-bond donors (Lipinski definition) is 0. The Kier molecular flexibility index (Phi) is 7.21. The molecule has 2 rings (SSSR count). The van der Waals surface area contributed by atoms with Crippen LogP contribution in [-0.2, 0) is 11.3 Å². The molecule has 24 heavy (non-hydrogen) atoms. The highest BCUT2D eigenvalue weighted by molar-refractivity contribution is 5.94. The van der Waals surface area contributed by atoms with E-state index >= 15 is 0 Å². The summed E-state index contributed by atoms with van der Waals surface area (Å²) >= 11 is 0. The van der Waals surface area contributed by atoms with Crippen LogP contribution in [0, 0.1) is 0 Å². The van der Waals surface area contributed by atoms with Crippen molar-refractivity contribution in [2.24, 2.45) is 0 Å². The van der Waals surface area contributed by atoms with E-state index in [-0.39, 0.29) is 5.91 Å². The molecular weight excluding hydrogens is 302 g/mol. The highest BCUT2D eigenvalue weighted by Gasteiger charge is 2.23. The number of piperazine rings is 1. The molecule has 0 aliphatic carbocycles. The lowest BCUT2D eigenvalue weighted by molar-refractivity contribution is 0.0466. The molecule has 1 aromatic rings. The normalized spacial score (nSPS) is 19.4. The summed E-state index contributed by atoms with van der Waals surface area (Å²) in [4.78, 5) is 18.7. The molecule has 134 valence electrons. The fourth-order valence-electron chi connectivity index (χ4n) is 3.19. The number of benzene rings is 1. The van der Waals surface area contributed by atoms with E-state index in [2.05, 4.69) is 22.8 Å². The van der Waals surface area contributed by atoms with Crippen LogP contribution in [0.15, 0.2) is 24.3 Å². The lowest BCUT2D eigenvalue weighted by atomic mass is 10.1. The first-order chi connectivity index (χ1) is 11.5. The summed E-state index contributed by atoms with van der Waals surface area (Å²) in [5.74, 6) is 0.0611. The fourth-order valence-corrected chi connectivity index (χ4v) is 3.19. The van der Waals surface area contributed by atoms with Crippen molar-refractivity contribution >= 4 is 5.91 Å². The molecule has 0 N–H and O–H groups in total.